The molecule has 0 aliphatic carbocycles. The van der Waals surface area contributed by atoms with Gasteiger partial charge in [-0.3, -0.25) is 0 Å². The highest BCUT2D eigenvalue weighted by Gasteiger charge is 2.26. The maximum absolute atomic E-state index is 5.32. The van der Waals surface area contributed by atoms with Crippen LogP contribution >= 0.6 is 27.7 Å². The van der Waals surface area contributed by atoms with E-state index in [9.17, 15) is 0 Å². The second-order valence-electron chi connectivity index (χ2n) is 8.97. The Kier molecular flexibility index (Phi) is 5.57. The molecule has 0 saturated carbocycles. The molecule has 0 saturated heterocycles. The molecule has 2 nitrogen and oxygen atoms in total. The van der Waals surface area contributed by atoms with Gasteiger partial charge < -0.3 is 4.90 Å². The SMILES string of the molecule is Brc1ccc(-c2cc(-c3ccccc3)c3cccc(N4c5ccccc5Sc5ccccc54)c3n2)cc1. The molecule has 4 heteroatoms. The number of pyridine rings is 1. The maximum atomic E-state index is 5.32. The standard InChI is InChI=1S/C33H21BrN2S/c34-24-19-17-23(18-20-24)27-21-26(22-9-2-1-3-10-22)25-11-8-14-30(33(25)35-27)36-28-12-4-6-15-31(28)37-32-16-7-5-13-29(32)36/h1-21H. The van der Waals surface area contributed by atoms with Crippen molar-refractivity contribution >= 4 is 55.7 Å². The first-order chi connectivity index (χ1) is 18.3. The van der Waals surface area contributed by atoms with Crippen LogP contribution < -0.4 is 4.90 Å². The fourth-order valence-electron chi connectivity index (χ4n) is 5.00. The molecule has 0 bridgehead atoms. The molecular formula is C33H21BrN2S. The van der Waals surface area contributed by atoms with Crippen molar-refractivity contribution in [2.24, 2.45) is 0 Å². The molecule has 5 aromatic carbocycles. The molecular weight excluding hydrogens is 536 g/mol. The summed E-state index contributed by atoms with van der Waals surface area (Å²) in [5, 5.41) is 1.14. The lowest BCUT2D eigenvalue weighted by Gasteiger charge is -2.33. The van der Waals surface area contributed by atoms with Crippen LogP contribution in [0.3, 0.4) is 0 Å². The van der Waals surface area contributed by atoms with Crippen LogP contribution in [0.2, 0.25) is 0 Å². The van der Waals surface area contributed by atoms with Gasteiger partial charge in [0.2, 0.25) is 0 Å². The Morgan fingerprint density at radius 2 is 1.19 bits per heavy atom. The monoisotopic (exact) mass is 556 g/mol. The number of benzene rings is 5. The van der Waals surface area contributed by atoms with E-state index in [2.05, 4.69) is 148 Å². The van der Waals surface area contributed by atoms with Crippen molar-refractivity contribution < 1.29 is 0 Å². The van der Waals surface area contributed by atoms with Crippen LogP contribution in [0, 0.1) is 0 Å². The minimum Gasteiger partial charge on any atom is -0.306 e. The van der Waals surface area contributed by atoms with Gasteiger partial charge >= 0.3 is 0 Å². The van der Waals surface area contributed by atoms with Crippen molar-refractivity contribution in [3.8, 4) is 22.4 Å². The molecule has 2 heterocycles. The Bertz CT molecular complexity index is 1720. The van der Waals surface area contributed by atoms with Gasteiger partial charge in [0.15, 0.2) is 0 Å². The topological polar surface area (TPSA) is 16.1 Å². The molecule has 176 valence electrons. The molecule has 0 N–H and O–H groups in total. The number of anilines is 3. The third kappa shape index (κ3) is 3.93. The number of halogens is 1. The summed E-state index contributed by atoms with van der Waals surface area (Å²) >= 11 is 5.40. The fraction of sp³-hybridized carbons (Fsp3) is 0. The minimum absolute atomic E-state index is 0.958. The van der Waals surface area contributed by atoms with Crippen LogP contribution in [0.4, 0.5) is 17.1 Å². The van der Waals surface area contributed by atoms with Crippen LogP contribution in [-0.4, -0.2) is 4.98 Å². The van der Waals surface area contributed by atoms with E-state index in [1.54, 1.807) is 0 Å². The summed E-state index contributed by atoms with van der Waals surface area (Å²) in [7, 11) is 0. The Hall–Kier alpha value is -3.86. The Morgan fingerprint density at radius 1 is 0.568 bits per heavy atom. The third-order valence-corrected chi connectivity index (χ3v) is 8.38. The normalized spacial score (nSPS) is 12.3. The summed E-state index contributed by atoms with van der Waals surface area (Å²) in [4.78, 5) is 10.2. The highest BCUT2D eigenvalue weighted by molar-refractivity contribution is 9.10. The smallest absolute Gasteiger partial charge is 0.0956 e. The van der Waals surface area contributed by atoms with Crippen molar-refractivity contribution in [3.63, 3.8) is 0 Å². The predicted molar refractivity (Wildman–Crippen MR) is 159 cm³/mol. The van der Waals surface area contributed by atoms with Crippen LogP contribution in [0.5, 0.6) is 0 Å². The first-order valence-corrected chi connectivity index (χ1v) is 13.8. The zero-order valence-electron chi connectivity index (χ0n) is 19.8. The lowest BCUT2D eigenvalue weighted by molar-refractivity contribution is 1.17. The summed E-state index contributed by atoms with van der Waals surface area (Å²) < 4.78 is 1.06. The van der Waals surface area contributed by atoms with E-state index in [1.807, 2.05) is 11.8 Å². The first kappa shape index (κ1) is 22.3. The summed E-state index contributed by atoms with van der Waals surface area (Å²) in [5.41, 5.74) is 8.82. The second kappa shape index (κ2) is 9.22. The van der Waals surface area contributed by atoms with E-state index in [4.69, 9.17) is 4.98 Å². The van der Waals surface area contributed by atoms with Gasteiger partial charge in [0.25, 0.3) is 0 Å². The zero-order chi connectivity index (χ0) is 24.8. The first-order valence-electron chi connectivity index (χ1n) is 12.2. The highest BCUT2D eigenvalue weighted by atomic mass is 79.9. The Morgan fingerprint density at radius 3 is 1.89 bits per heavy atom. The molecule has 1 aliphatic rings. The minimum atomic E-state index is 0.958. The number of para-hydroxylation sites is 3. The van der Waals surface area contributed by atoms with E-state index in [-0.39, 0.29) is 0 Å². The number of fused-ring (bicyclic) bond motifs is 3. The van der Waals surface area contributed by atoms with Gasteiger partial charge in [0.1, 0.15) is 0 Å². The van der Waals surface area contributed by atoms with Gasteiger partial charge in [-0.05, 0) is 59.7 Å². The van der Waals surface area contributed by atoms with Crippen molar-refractivity contribution in [2.75, 3.05) is 4.90 Å². The van der Waals surface area contributed by atoms with Crippen molar-refractivity contribution in [1.82, 2.24) is 4.98 Å². The molecule has 0 fully saturated rings. The largest absolute Gasteiger partial charge is 0.306 e. The lowest BCUT2D eigenvalue weighted by Crippen LogP contribution is -2.15. The summed E-state index contributed by atoms with van der Waals surface area (Å²) in [6.07, 6.45) is 0. The third-order valence-electron chi connectivity index (χ3n) is 6.72. The van der Waals surface area contributed by atoms with E-state index in [0.717, 1.165) is 32.3 Å². The average Bonchev–Trinajstić information content (AvgIpc) is 2.96. The van der Waals surface area contributed by atoms with E-state index in [0.29, 0.717) is 0 Å². The average molecular weight is 558 g/mol. The van der Waals surface area contributed by atoms with Gasteiger partial charge in [-0.15, -0.1) is 0 Å². The van der Waals surface area contributed by atoms with E-state index >= 15 is 0 Å². The Labute approximate surface area is 228 Å². The summed E-state index contributed by atoms with van der Waals surface area (Å²) in [6.45, 7) is 0. The molecule has 0 radical (unpaired) electrons. The van der Waals surface area contributed by atoms with Crippen molar-refractivity contribution in [3.05, 3.63) is 132 Å². The van der Waals surface area contributed by atoms with Crippen molar-refractivity contribution in [1.29, 1.82) is 0 Å². The number of hydrogen-bond acceptors (Lipinski definition) is 3. The summed E-state index contributed by atoms with van der Waals surface area (Å²) in [5.74, 6) is 0. The van der Waals surface area contributed by atoms with Crippen LogP contribution in [0.15, 0.2) is 142 Å². The predicted octanol–water partition coefficient (Wildman–Crippen LogP) is 10.3. The van der Waals surface area contributed by atoms with E-state index in [1.165, 1.54) is 32.3 Å². The maximum Gasteiger partial charge on any atom is 0.0956 e. The van der Waals surface area contributed by atoms with Gasteiger partial charge in [0, 0.05) is 25.2 Å². The van der Waals surface area contributed by atoms with Gasteiger partial charge in [0.05, 0.1) is 28.3 Å². The van der Waals surface area contributed by atoms with Crippen LogP contribution in [-0.2, 0) is 0 Å². The fourth-order valence-corrected chi connectivity index (χ4v) is 6.33. The highest BCUT2D eigenvalue weighted by Crippen LogP contribution is 2.52. The molecule has 6 aromatic rings. The van der Waals surface area contributed by atoms with Crippen LogP contribution in [0.1, 0.15) is 0 Å². The molecule has 37 heavy (non-hydrogen) atoms. The molecule has 0 amide bonds. The molecule has 0 unspecified atom stereocenters. The quantitative estimate of drug-likeness (QED) is 0.215. The Balaban J connectivity index is 1.55. The van der Waals surface area contributed by atoms with Gasteiger partial charge in [-0.25, -0.2) is 4.98 Å². The zero-order valence-corrected chi connectivity index (χ0v) is 22.2. The molecule has 1 aromatic heterocycles. The summed E-state index contributed by atoms with van der Waals surface area (Å²) in [6, 6.07) is 45.0. The number of rotatable bonds is 3. The number of hydrogen-bond donors (Lipinski definition) is 0. The number of nitrogens with zero attached hydrogens (tertiary/aromatic N) is 2. The lowest BCUT2D eigenvalue weighted by atomic mass is 9.97. The molecule has 0 spiro atoms. The van der Waals surface area contributed by atoms with Crippen molar-refractivity contribution in [2.45, 2.75) is 9.79 Å². The molecule has 0 atom stereocenters. The second-order valence-corrected chi connectivity index (χ2v) is 11.0. The number of aromatic nitrogens is 1. The van der Waals surface area contributed by atoms with Gasteiger partial charge in [-0.2, -0.15) is 0 Å². The molecule has 1 aliphatic heterocycles. The van der Waals surface area contributed by atoms with Crippen LogP contribution in [0.25, 0.3) is 33.3 Å². The molecule has 7 rings (SSSR count). The van der Waals surface area contributed by atoms with E-state index < -0.39 is 0 Å². The van der Waals surface area contributed by atoms with Gasteiger partial charge in [-0.1, -0.05) is 107 Å².